The Bertz CT molecular complexity index is 1560. The minimum absolute atomic E-state index is 0.341. The van der Waals surface area contributed by atoms with Gasteiger partial charge in [0.05, 0.1) is 16.9 Å². The molecular weight excluding hydrogens is 482 g/mol. The van der Waals surface area contributed by atoms with E-state index in [0.29, 0.717) is 17.7 Å². The van der Waals surface area contributed by atoms with E-state index in [1.54, 1.807) is 0 Å². The number of benzene rings is 2. The molecule has 6 rings (SSSR count). The average molecular weight is 512 g/mol. The van der Waals surface area contributed by atoms with Crippen LogP contribution in [0.25, 0.3) is 33.2 Å². The van der Waals surface area contributed by atoms with E-state index in [9.17, 15) is 4.79 Å². The van der Waals surface area contributed by atoms with Gasteiger partial charge in [0.15, 0.2) is 5.65 Å². The first-order chi connectivity index (χ1) is 18.5. The molecule has 0 unspecified atom stereocenters. The van der Waals surface area contributed by atoms with E-state index in [4.69, 9.17) is 25.7 Å². The smallest absolute Gasteiger partial charge is 0.404 e. The van der Waals surface area contributed by atoms with Crippen LogP contribution in [0.3, 0.4) is 0 Å². The van der Waals surface area contributed by atoms with Crippen LogP contribution in [0.1, 0.15) is 38.1 Å². The first kappa shape index (κ1) is 24.9. The lowest BCUT2D eigenvalue weighted by Crippen LogP contribution is -2.14. The van der Waals surface area contributed by atoms with Gasteiger partial charge in [0.25, 0.3) is 0 Å². The van der Waals surface area contributed by atoms with Crippen LogP contribution >= 0.6 is 0 Å². The van der Waals surface area contributed by atoms with Crippen LogP contribution in [-0.4, -0.2) is 43.0 Å². The SMILES string of the molecule is CNC(=O)O.Nc1ncnc2c1c(-c1ccc3ccc(Oc4ccccc4)nc3c1)nn2C1CCCCC1. The summed E-state index contributed by atoms with van der Waals surface area (Å²) in [6.45, 7) is 0. The minimum Gasteiger partial charge on any atom is -0.465 e. The highest BCUT2D eigenvalue weighted by molar-refractivity contribution is 5.99. The van der Waals surface area contributed by atoms with Gasteiger partial charge in [-0.2, -0.15) is 5.10 Å². The van der Waals surface area contributed by atoms with Gasteiger partial charge in [0, 0.05) is 24.1 Å². The van der Waals surface area contributed by atoms with Gasteiger partial charge in [-0.15, -0.1) is 0 Å². The van der Waals surface area contributed by atoms with E-state index < -0.39 is 6.09 Å². The lowest BCUT2D eigenvalue weighted by molar-refractivity contribution is 0.197. The number of nitrogens with two attached hydrogens (primary N) is 1. The van der Waals surface area contributed by atoms with Gasteiger partial charge in [-0.1, -0.05) is 49.6 Å². The van der Waals surface area contributed by atoms with Crippen LogP contribution < -0.4 is 15.8 Å². The fourth-order valence-electron chi connectivity index (χ4n) is 4.69. The highest BCUT2D eigenvalue weighted by atomic mass is 16.5. The molecule has 4 N–H and O–H groups in total. The third kappa shape index (κ3) is 5.34. The minimum atomic E-state index is -0.995. The predicted molar refractivity (Wildman–Crippen MR) is 146 cm³/mol. The van der Waals surface area contributed by atoms with E-state index in [1.807, 2.05) is 53.8 Å². The third-order valence-electron chi connectivity index (χ3n) is 6.56. The van der Waals surface area contributed by atoms with Gasteiger partial charge in [0.2, 0.25) is 5.88 Å². The summed E-state index contributed by atoms with van der Waals surface area (Å²) >= 11 is 0. The third-order valence-corrected chi connectivity index (χ3v) is 6.56. The summed E-state index contributed by atoms with van der Waals surface area (Å²) < 4.78 is 8.00. The largest absolute Gasteiger partial charge is 0.465 e. The highest BCUT2D eigenvalue weighted by Crippen LogP contribution is 2.36. The number of anilines is 1. The number of nitrogen functional groups attached to an aromatic ring is 1. The molecule has 2 aromatic carbocycles. The topological polar surface area (TPSA) is 141 Å². The van der Waals surface area contributed by atoms with Crippen molar-refractivity contribution >= 4 is 33.8 Å². The first-order valence-electron chi connectivity index (χ1n) is 12.6. The van der Waals surface area contributed by atoms with Crippen molar-refractivity contribution in [3.8, 4) is 22.9 Å². The molecule has 0 radical (unpaired) electrons. The summed E-state index contributed by atoms with van der Waals surface area (Å²) in [6, 6.07) is 20.0. The molecule has 0 saturated heterocycles. The number of para-hydroxylation sites is 1. The van der Waals surface area contributed by atoms with Crippen molar-refractivity contribution in [2.24, 2.45) is 0 Å². The predicted octanol–water partition coefficient (Wildman–Crippen LogP) is 5.81. The van der Waals surface area contributed by atoms with Crippen molar-refractivity contribution in [1.82, 2.24) is 30.0 Å². The number of hydrogen-bond acceptors (Lipinski definition) is 7. The molecule has 194 valence electrons. The van der Waals surface area contributed by atoms with Crippen molar-refractivity contribution in [1.29, 1.82) is 0 Å². The van der Waals surface area contributed by atoms with Gasteiger partial charge in [-0.25, -0.2) is 24.4 Å². The molecule has 1 aliphatic rings. The van der Waals surface area contributed by atoms with Crippen LogP contribution in [0.2, 0.25) is 0 Å². The van der Waals surface area contributed by atoms with Crippen molar-refractivity contribution in [3.63, 3.8) is 0 Å². The maximum Gasteiger partial charge on any atom is 0.404 e. The van der Waals surface area contributed by atoms with E-state index in [2.05, 4.69) is 26.8 Å². The molecule has 1 aliphatic carbocycles. The van der Waals surface area contributed by atoms with E-state index in [1.165, 1.54) is 32.6 Å². The number of carboxylic acid groups (broad SMARTS) is 1. The quantitative estimate of drug-likeness (QED) is 0.275. The van der Waals surface area contributed by atoms with Crippen LogP contribution in [-0.2, 0) is 0 Å². The molecule has 10 nitrogen and oxygen atoms in total. The summed E-state index contributed by atoms with van der Waals surface area (Å²) in [4.78, 5) is 22.8. The number of nitrogens with zero attached hydrogens (tertiary/aromatic N) is 5. The van der Waals surface area contributed by atoms with Crippen LogP contribution in [0, 0.1) is 0 Å². The second-order valence-electron chi connectivity index (χ2n) is 9.07. The Morgan fingerprint density at radius 2 is 1.79 bits per heavy atom. The van der Waals surface area contributed by atoms with E-state index in [-0.39, 0.29) is 0 Å². The number of carbonyl (C=O) groups is 1. The fraction of sp³-hybridized carbons (Fsp3) is 0.250. The summed E-state index contributed by atoms with van der Waals surface area (Å²) in [5.74, 6) is 1.75. The maximum atomic E-state index is 9.26. The van der Waals surface area contributed by atoms with E-state index >= 15 is 0 Å². The van der Waals surface area contributed by atoms with Crippen molar-refractivity contribution in [3.05, 3.63) is 67.0 Å². The Morgan fingerprint density at radius 1 is 1.05 bits per heavy atom. The summed E-state index contributed by atoms with van der Waals surface area (Å²) in [7, 11) is 1.35. The standard InChI is InChI=1S/C26H24N6O.C2H5NO2/c27-25-23-24(31-32(26(23)29-16-28-25)19-7-3-1-4-8-19)18-12-11-17-13-14-22(30-21(17)15-18)33-20-9-5-2-6-10-20;1-3-2(4)5/h2,5-6,9-16,19H,1,3-4,7-8H2,(H2,27,28,29);3H,1H3,(H,4,5). The monoisotopic (exact) mass is 511 g/mol. The molecule has 0 aliphatic heterocycles. The summed E-state index contributed by atoms with van der Waals surface area (Å²) in [5, 5.41) is 16.4. The number of ether oxygens (including phenoxy) is 1. The molecule has 3 heterocycles. The summed E-state index contributed by atoms with van der Waals surface area (Å²) in [5.41, 5.74) is 9.69. The van der Waals surface area contributed by atoms with Gasteiger partial charge >= 0.3 is 6.09 Å². The van der Waals surface area contributed by atoms with Crippen molar-refractivity contribution in [2.75, 3.05) is 12.8 Å². The summed E-state index contributed by atoms with van der Waals surface area (Å²) in [6.07, 6.45) is 6.46. The molecule has 5 aromatic rings. The molecular formula is C28H29N7O3. The Balaban J connectivity index is 0.000000540. The zero-order chi connectivity index (χ0) is 26.5. The molecule has 1 fully saturated rings. The number of amides is 1. The lowest BCUT2D eigenvalue weighted by Gasteiger charge is -2.22. The molecule has 0 bridgehead atoms. The van der Waals surface area contributed by atoms with E-state index in [0.717, 1.165) is 51.8 Å². The maximum absolute atomic E-state index is 9.26. The van der Waals surface area contributed by atoms with Gasteiger partial charge in [-0.05, 0) is 37.1 Å². The molecule has 38 heavy (non-hydrogen) atoms. The van der Waals surface area contributed by atoms with Crippen LogP contribution in [0.5, 0.6) is 11.6 Å². The van der Waals surface area contributed by atoms with Gasteiger partial charge < -0.3 is 20.9 Å². The number of aromatic nitrogens is 5. The Hall–Kier alpha value is -4.73. The molecule has 1 saturated carbocycles. The van der Waals surface area contributed by atoms with Crippen LogP contribution in [0.15, 0.2) is 67.0 Å². The zero-order valence-corrected chi connectivity index (χ0v) is 21.0. The number of nitrogens with one attached hydrogen (secondary N) is 1. The lowest BCUT2D eigenvalue weighted by atomic mass is 9.96. The first-order valence-corrected chi connectivity index (χ1v) is 12.6. The number of hydrogen-bond donors (Lipinski definition) is 3. The van der Waals surface area contributed by atoms with Crippen molar-refractivity contribution < 1.29 is 14.6 Å². The number of rotatable bonds is 4. The Kier molecular flexibility index (Phi) is 7.30. The van der Waals surface area contributed by atoms with Crippen LogP contribution in [0.4, 0.5) is 10.6 Å². The second-order valence-corrected chi connectivity index (χ2v) is 9.07. The number of fused-ring (bicyclic) bond motifs is 2. The molecule has 0 spiro atoms. The average Bonchev–Trinajstić information content (AvgIpc) is 3.35. The fourth-order valence-corrected chi connectivity index (χ4v) is 4.69. The normalized spacial score (nSPS) is 13.6. The second kappa shape index (κ2) is 11.1. The van der Waals surface area contributed by atoms with Gasteiger partial charge in [-0.3, -0.25) is 0 Å². The molecule has 1 amide bonds. The Morgan fingerprint density at radius 3 is 2.53 bits per heavy atom. The molecule has 10 heteroatoms. The van der Waals surface area contributed by atoms with Gasteiger partial charge in [0.1, 0.15) is 23.6 Å². The Labute approximate surface area is 219 Å². The number of pyridine rings is 1. The zero-order valence-electron chi connectivity index (χ0n) is 21.0. The highest BCUT2D eigenvalue weighted by Gasteiger charge is 2.23. The molecule has 3 aromatic heterocycles. The van der Waals surface area contributed by atoms with Crippen molar-refractivity contribution in [2.45, 2.75) is 38.1 Å². The molecule has 0 atom stereocenters.